The van der Waals surface area contributed by atoms with E-state index in [1.807, 2.05) is 0 Å². The van der Waals surface area contributed by atoms with Crippen molar-refractivity contribution in [1.29, 1.82) is 0 Å². The first-order valence-electron chi connectivity index (χ1n) is 4.37. The van der Waals surface area contributed by atoms with Crippen molar-refractivity contribution in [2.45, 2.75) is 0 Å². The summed E-state index contributed by atoms with van der Waals surface area (Å²) in [6.07, 6.45) is 2.81. The minimum Gasteiger partial charge on any atom is -0.375 e. The highest BCUT2D eigenvalue weighted by Gasteiger charge is 1.94. The van der Waals surface area contributed by atoms with Crippen LogP contribution >= 0.6 is 12.2 Å². The number of hydrazine groups is 1. The van der Waals surface area contributed by atoms with Gasteiger partial charge in [0.15, 0.2) is 5.11 Å². The van der Waals surface area contributed by atoms with Gasteiger partial charge in [0.05, 0.1) is 0 Å². The lowest BCUT2D eigenvalue weighted by molar-refractivity contribution is -0.116. The third-order valence-electron chi connectivity index (χ3n) is 1.61. The van der Waals surface area contributed by atoms with E-state index >= 15 is 0 Å². The van der Waals surface area contributed by atoms with E-state index in [1.54, 1.807) is 12.1 Å². The first kappa shape index (κ1) is 12.1. The van der Waals surface area contributed by atoms with Crippen molar-refractivity contribution < 1.29 is 9.18 Å². The molecule has 84 valence electrons. The molecule has 0 saturated heterocycles. The maximum atomic E-state index is 12.6. The molecule has 0 heterocycles. The van der Waals surface area contributed by atoms with Crippen molar-refractivity contribution in [3.63, 3.8) is 0 Å². The average Bonchev–Trinajstić information content (AvgIpc) is 2.25. The molecule has 0 aliphatic heterocycles. The van der Waals surface area contributed by atoms with Crippen molar-refractivity contribution in [2.75, 3.05) is 0 Å². The largest absolute Gasteiger partial charge is 0.375 e. The normalized spacial score (nSPS) is 10.1. The molecule has 1 rings (SSSR count). The lowest BCUT2D eigenvalue weighted by Crippen LogP contribution is -2.43. The van der Waals surface area contributed by atoms with Crippen LogP contribution in [-0.4, -0.2) is 11.0 Å². The Morgan fingerprint density at radius 3 is 2.50 bits per heavy atom. The number of carbonyl (C=O) groups is 1. The zero-order valence-corrected chi connectivity index (χ0v) is 9.05. The van der Waals surface area contributed by atoms with Gasteiger partial charge in [0, 0.05) is 6.08 Å². The van der Waals surface area contributed by atoms with Crippen molar-refractivity contribution in [3.8, 4) is 0 Å². The molecule has 0 atom stereocenters. The Balaban J connectivity index is 2.50. The number of nitrogens with two attached hydrogens (primary N) is 1. The summed E-state index contributed by atoms with van der Waals surface area (Å²) in [4.78, 5) is 11.1. The third kappa shape index (κ3) is 4.52. The van der Waals surface area contributed by atoms with Crippen LogP contribution in [0.4, 0.5) is 4.39 Å². The molecule has 6 heteroatoms. The van der Waals surface area contributed by atoms with Crippen molar-refractivity contribution in [3.05, 3.63) is 41.7 Å². The van der Waals surface area contributed by atoms with E-state index in [4.69, 9.17) is 5.73 Å². The Kier molecular flexibility index (Phi) is 4.41. The van der Waals surface area contributed by atoms with Gasteiger partial charge >= 0.3 is 0 Å². The molecule has 0 fully saturated rings. The van der Waals surface area contributed by atoms with E-state index in [0.717, 1.165) is 0 Å². The second-order valence-electron chi connectivity index (χ2n) is 2.86. The van der Waals surface area contributed by atoms with Crippen LogP contribution in [0.2, 0.25) is 0 Å². The summed E-state index contributed by atoms with van der Waals surface area (Å²) < 4.78 is 12.6. The van der Waals surface area contributed by atoms with Crippen LogP contribution in [-0.2, 0) is 4.79 Å². The minimum absolute atomic E-state index is 0.0245. The number of benzene rings is 1. The van der Waals surface area contributed by atoms with Crippen LogP contribution < -0.4 is 16.6 Å². The number of thiocarbonyl (C=S) groups is 1. The van der Waals surface area contributed by atoms with Gasteiger partial charge in [-0.25, -0.2) is 4.39 Å². The Morgan fingerprint density at radius 2 is 1.94 bits per heavy atom. The zero-order valence-electron chi connectivity index (χ0n) is 8.24. The minimum atomic E-state index is -0.405. The molecule has 0 unspecified atom stereocenters. The molecular formula is C10H10FN3OS. The summed E-state index contributed by atoms with van der Waals surface area (Å²) >= 11 is 4.49. The van der Waals surface area contributed by atoms with Gasteiger partial charge in [-0.2, -0.15) is 0 Å². The highest BCUT2D eigenvalue weighted by atomic mass is 32.1. The topological polar surface area (TPSA) is 67.2 Å². The van der Waals surface area contributed by atoms with Crippen LogP contribution in [0.5, 0.6) is 0 Å². The van der Waals surface area contributed by atoms with Crippen molar-refractivity contribution in [1.82, 2.24) is 10.9 Å². The van der Waals surface area contributed by atoms with Crippen molar-refractivity contribution in [2.24, 2.45) is 5.73 Å². The molecular weight excluding hydrogens is 229 g/mol. The fraction of sp³-hybridized carbons (Fsp3) is 0. The SMILES string of the molecule is NC(=S)NNC(=O)/C=C/c1ccc(F)cc1. The monoisotopic (exact) mass is 239 g/mol. The lowest BCUT2D eigenvalue weighted by atomic mass is 10.2. The summed E-state index contributed by atoms with van der Waals surface area (Å²) in [5.41, 5.74) is 10.4. The smallest absolute Gasteiger partial charge is 0.262 e. The Morgan fingerprint density at radius 1 is 1.31 bits per heavy atom. The zero-order chi connectivity index (χ0) is 12.0. The highest BCUT2D eigenvalue weighted by Crippen LogP contribution is 2.04. The number of halogens is 1. The van der Waals surface area contributed by atoms with E-state index in [9.17, 15) is 9.18 Å². The van der Waals surface area contributed by atoms with Gasteiger partial charge in [-0.15, -0.1) is 0 Å². The van der Waals surface area contributed by atoms with Crippen LogP contribution in [0, 0.1) is 5.82 Å². The maximum Gasteiger partial charge on any atom is 0.262 e. The number of rotatable bonds is 2. The number of carbonyl (C=O) groups excluding carboxylic acids is 1. The maximum absolute atomic E-state index is 12.6. The van der Waals surface area contributed by atoms with Gasteiger partial charge in [0.25, 0.3) is 5.91 Å². The van der Waals surface area contributed by atoms with E-state index in [0.29, 0.717) is 5.56 Å². The predicted octanol–water partition coefficient (Wildman–Crippen LogP) is 0.703. The first-order valence-corrected chi connectivity index (χ1v) is 4.78. The van der Waals surface area contributed by atoms with E-state index in [-0.39, 0.29) is 10.9 Å². The van der Waals surface area contributed by atoms with Crippen LogP contribution in [0.25, 0.3) is 6.08 Å². The fourth-order valence-electron chi connectivity index (χ4n) is 0.911. The molecule has 0 bridgehead atoms. The average molecular weight is 239 g/mol. The second kappa shape index (κ2) is 5.82. The number of hydrogen-bond donors (Lipinski definition) is 3. The molecule has 1 aromatic carbocycles. The van der Waals surface area contributed by atoms with Crippen LogP contribution in [0.1, 0.15) is 5.56 Å². The predicted molar refractivity (Wildman–Crippen MR) is 63.5 cm³/mol. The number of hydrogen-bond acceptors (Lipinski definition) is 2. The summed E-state index contributed by atoms with van der Waals surface area (Å²) in [7, 11) is 0. The number of nitrogens with one attached hydrogen (secondary N) is 2. The molecule has 0 spiro atoms. The summed E-state index contributed by atoms with van der Waals surface area (Å²) in [5.74, 6) is -0.728. The molecule has 0 aliphatic rings. The second-order valence-corrected chi connectivity index (χ2v) is 3.30. The van der Waals surface area contributed by atoms with Gasteiger partial charge in [-0.3, -0.25) is 15.6 Å². The van der Waals surface area contributed by atoms with E-state index in [2.05, 4.69) is 23.1 Å². The van der Waals surface area contributed by atoms with Crippen LogP contribution in [0.15, 0.2) is 30.3 Å². The van der Waals surface area contributed by atoms with Gasteiger partial charge in [-0.05, 0) is 36.0 Å². The number of amides is 1. The standard InChI is InChI=1S/C10H10FN3OS/c11-8-4-1-7(2-5-8)3-6-9(15)13-14-10(12)16/h1-6H,(H,13,15)(H3,12,14,16)/b6-3+. The van der Waals surface area contributed by atoms with Gasteiger partial charge in [0.2, 0.25) is 0 Å². The van der Waals surface area contributed by atoms with Crippen LogP contribution in [0.3, 0.4) is 0 Å². The molecule has 1 aromatic rings. The molecule has 4 nitrogen and oxygen atoms in total. The van der Waals surface area contributed by atoms with Gasteiger partial charge < -0.3 is 5.73 Å². The highest BCUT2D eigenvalue weighted by molar-refractivity contribution is 7.80. The molecule has 0 saturated carbocycles. The Hall–Kier alpha value is -1.95. The molecule has 1 amide bonds. The molecule has 0 aliphatic carbocycles. The van der Waals surface area contributed by atoms with Gasteiger partial charge in [-0.1, -0.05) is 12.1 Å². The molecule has 0 aromatic heterocycles. The molecule has 4 N–H and O–H groups in total. The first-order chi connectivity index (χ1) is 7.58. The Labute approximate surface area is 97.3 Å². The summed E-state index contributed by atoms with van der Waals surface area (Å²) in [6.45, 7) is 0. The Bertz CT molecular complexity index is 417. The molecule has 0 radical (unpaired) electrons. The summed E-state index contributed by atoms with van der Waals surface area (Å²) in [6, 6.07) is 5.73. The van der Waals surface area contributed by atoms with E-state index in [1.165, 1.54) is 24.3 Å². The van der Waals surface area contributed by atoms with Crippen molar-refractivity contribution >= 4 is 29.3 Å². The lowest BCUT2D eigenvalue weighted by Gasteiger charge is -2.02. The fourth-order valence-corrected chi connectivity index (χ4v) is 0.962. The van der Waals surface area contributed by atoms with E-state index < -0.39 is 5.91 Å². The quantitative estimate of drug-likeness (QED) is 0.404. The summed E-state index contributed by atoms with van der Waals surface area (Å²) in [5, 5.41) is -0.0245. The molecule has 16 heavy (non-hydrogen) atoms. The third-order valence-corrected chi connectivity index (χ3v) is 1.71. The van der Waals surface area contributed by atoms with Gasteiger partial charge in [0.1, 0.15) is 5.82 Å².